The summed E-state index contributed by atoms with van der Waals surface area (Å²) >= 11 is 0. The summed E-state index contributed by atoms with van der Waals surface area (Å²) in [6.07, 6.45) is 6.49. The molecule has 0 spiro atoms. The summed E-state index contributed by atoms with van der Waals surface area (Å²) in [5, 5.41) is 8.86. The lowest BCUT2D eigenvalue weighted by molar-refractivity contribution is -0.122. The molecule has 0 saturated carbocycles. The number of ether oxygens (including phenoxy) is 3. The molecule has 0 aromatic heterocycles. The average molecular weight is 522 g/mol. The minimum absolute atomic E-state index is 0. The second-order valence-electron chi connectivity index (χ2n) is 8.09. The van der Waals surface area contributed by atoms with Crippen molar-refractivity contribution < 1.29 is 23.8 Å². The maximum absolute atomic E-state index is 11.8. The smallest absolute Gasteiger partial charge is 0.220 e. The first-order valence-electron chi connectivity index (χ1n) is 14.0. The first-order chi connectivity index (χ1) is 17.1. The van der Waals surface area contributed by atoms with Crippen LogP contribution in [0, 0.1) is 5.92 Å². The zero-order valence-electron chi connectivity index (χ0n) is 24.1. The fraction of sp³-hybridized carbons (Fsp3) is 0.929. The van der Waals surface area contributed by atoms with Gasteiger partial charge in [0.15, 0.2) is 0 Å². The molecule has 8 nitrogen and oxygen atoms in total. The molecule has 0 aromatic carbocycles. The van der Waals surface area contributed by atoms with Gasteiger partial charge in [0.25, 0.3) is 0 Å². The Morgan fingerprint density at radius 2 is 1.03 bits per heavy atom. The van der Waals surface area contributed by atoms with Gasteiger partial charge in [0.1, 0.15) is 0 Å². The molecule has 0 unspecified atom stereocenters. The van der Waals surface area contributed by atoms with E-state index in [0.717, 1.165) is 45.4 Å². The number of hydrogen-bond acceptors (Lipinski definition) is 6. The predicted octanol–water partition coefficient (Wildman–Crippen LogP) is 4.95. The van der Waals surface area contributed by atoms with E-state index in [-0.39, 0.29) is 19.2 Å². The van der Waals surface area contributed by atoms with E-state index < -0.39 is 0 Å². The fourth-order valence-corrected chi connectivity index (χ4v) is 2.79. The molecular formula is C28H63N3O5. The van der Waals surface area contributed by atoms with Crippen LogP contribution in [-0.4, -0.2) is 78.1 Å². The van der Waals surface area contributed by atoms with Gasteiger partial charge in [0.2, 0.25) is 11.8 Å². The first kappa shape index (κ1) is 41.9. The fourth-order valence-electron chi connectivity index (χ4n) is 2.79. The van der Waals surface area contributed by atoms with Gasteiger partial charge in [-0.1, -0.05) is 61.8 Å². The highest BCUT2D eigenvalue weighted by Gasteiger charge is 2.05. The minimum atomic E-state index is -0.0113. The van der Waals surface area contributed by atoms with E-state index in [0.29, 0.717) is 64.8 Å². The van der Waals surface area contributed by atoms with Gasteiger partial charge in [0, 0.05) is 39.1 Å². The van der Waals surface area contributed by atoms with Crippen molar-refractivity contribution in [3.05, 3.63) is 0 Å². The number of carbonyl (C=O) groups is 2. The van der Waals surface area contributed by atoms with Crippen LogP contribution in [0.5, 0.6) is 0 Å². The van der Waals surface area contributed by atoms with Gasteiger partial charge in [-0.2, -0.15) is 0 Å². The van der Waals surface area contributed by atoms with E-state index >= 15 is 0 Å². The van der Waals surface area contributed by atoms with Gasteiger partial charge < -0.3 is 30.2 Å². The Labute approximate surface area is 224 Å². The molecule has 0 aliphatic heterocycles. The maximum atomic E-state index is 11.8. The van der Waals surface area contributed by atoms with E-state index in [1.54, 1.807) is 0 Å². The molecule has 0 rings (SSSR count). The van der Waals surface area contributed by atoms with E-state index in [9.17, 15) is 9.59 Å². The van der Waals surface area contributed by atoms with Crippen molar-refractivity contribution in [1.29, 1.82) is 0 Å². The molecule has 0 heterocycles. The van der Waals surface area contributed by atoms with Crippen molar-refractivity contribution in [3.8, 4) is 0 Å². The lowest BCUT2D eigenvalue weighted by Gasteiger charge is -2.08. The molecule has 0 bridgehead atoms. The van der Waals surface area contributed by atoms with E-state index in [1.807, 2.05) is 34.7 Å². The van der Waals surface area contributed by atoms with Crippen LogP contribution in [0.15, 0.2) is 0 Å². The molecule has 0 saturated heterocycles. The summed E-state index contributed by atoms with van der Waals surface area (Å²) in [7, 11) is 1.93. The van der Waals surface area contributed by atoms with Gasteiger partial charge in [-0.25, -0.2) is 0 Å². The average Bonchev–Trinajstić information content (AvgIpc) is 2.86. The van der Waals surface area contributed by atoms with Gasteiger partial charge in [-0.05, 0) is 45.2 Å². The van der Waals surface area contributed by atoms with Crippen molar-refractivity contribution in [2.24, 2.45) is 5.92 Å². The van der Waals surface area contributed by atoms with Crippen LogP contribution in [0.4, 0.5) is 0 Å². The summed E-state index contributed by atoms with van der Waals surface area (Å²) in [6.45, 7) is 18.3. The molecule has 0 radical (unpaired) electrons. The molecule has 220 valence electrons. The molecule has 3 N–H and O–H groups in total. The number of hydrogen-bond donors (Lipinski definition) is 3. The van der Waals surface area contributed by atoms with Gasteiger partial charge >= 0.3 is 0 Å². The van der Waals surface area contributed by atoms with Crippen LogP contribution >= 0.6 is 0 Å². The van der Waals surface area contributed by atoms with Crippen molar-refractivity contribution in [3.63, 3.8) is 0 Å². The summed E-state index contributed by atoms with van der Waals surface area (Å²) in [5.74, 6) is 0.736. The Kier molecular flexibility index (Phi) is 44.6. The molecule has 0 aliphatic carbocycles. The van der Waals surface area contributed by atoms with E-state index in [2.05, 4.69) is 29.8 Å². The topological polar surface area (TPSA) is 97.9 Å². The molecule has 0 aromatic rings. The highest BCUT2D eigenvalue weighted by atomic mass is 16.5. The van der Waals surface area contributed by atoms with Crippen LogP contribution in [0.1, 0.15) is 100 Å². The Bertz CT molecular complexity index is 424. The van der Waals surface area contributed by atoms with Gasteiger partial charge in [-0.15, -0.1) is 0 Å². The van der Waals surface area contributed by atoms with E-state index in [4.69, 9.17) is 14.2 Å². The lowest BCUT2D eigenvalue weighted by Crippen LogP contribution is -2.27. The molecule has 8 heteroatoms. The Balaban J connectivity index is -0.000000969. The number of rotatable bonds is 23. The predicted molar refractivity (Wildman–Crippen MR) is 154 cm³/mol. The first-order valence-corrected chi connectivity index (χ1v) is 14.0. The van der Waals surface area contributed by atoms with Crippen molar-refractivity contribution in [2.75, 3.05) is 66.3 Å². The van der Waals surface area contributed by atoms with Crippen molar-refractivity contribution in [2.45, 2.75) is 100 Å². The number of carbonyl (C=O) groups excluding carboxylic acids is 2. The second kappa shape index (κ2) is 38.3. The van der Waals surface area contributed by atoms with Crippen LogP contribution in [0.3, 0.4) is 0 Å². The minimum Gasteiger partial charge on any atom is -0.379 e. The molecule has 0 fully saturated rings. The number of amides is 2. The van der Waals surface area contributed by atoms with Crippen molar-refractivity contribution in [1.82, 2.24) is 16.0 Å². The highest BCUT2D eigenvalue weighted by molar-refractivity contribution is 5.78. The maximum Gasteiger partial charge on any atom is 0.220 e. The number of nitrogens with one attached hydrogen (secondary N) is 3. The Morgan fingerprint density at radius 1 is 0.611 bits per heavy atom. The quantitative estimate of drug-likeness (QED) is 0.165. The van der Waals surface area contributed by atoms with Crippen LogP contribution in [0.2, 0.25) is 0 Å². The Hall–Kier alpha value is -1.22. The van der Waals surface area contributed by atoms with Gasteiger partial charge in [-0.3, -0.25) is 9.59 Å². The zero-order valence-corrected chi connectivity index (χ0v) is 24.1. The number of unbranched alkanes of at least 4 members (excludes halogenated alkanes) is 1. The van der Waals surface area contributed by atoms with E-state index in [1.165, 1.54) is 6.42 Å². The van der Waals surface area contributed by atoms with Crippen molar-refractivity contribution >= 4 is 11.8 Å². The van der Waals surface area contributed by atoms with Gasteiger partial charge in [0.05, 0.1) is 26.4 Å². The third kappa shape index (κ3) is 40.0. The largest absolute Gasteiger partial charge is 0.379 e. The molecule has 0 aliphatic rings. The van der Waals surface area contributed by atoms with Crippen LogP contribution < -0.4 is 16.0 Å². The normalized spacial score (nSPS) is 9.89. The monoisotopic (exact) mass is 521 g/mol. The third-order valence-electron chi connectivity index (χ3n) is 4.59. The standard InChI is InChI=1S/C23H47N3O5.2C2H6.CH4/c1-21(2)9-4-5-13-25-22(27)10-6-11-23(28)26-14-8-16-30-18-20-31-19-17-29-15-7-12-24-3;2*1-2;/h21,24H,4-20H2,1-3H3,(H,25,27)(H,26,28);2*1-2H3;1H4. The summed E-state index contributed by atoms with van der Waals surface area (Å²) in [5.41, 5.74) is 0. The molecular weight excluding hydrogens is 458 g/mol. The zero-order chi connectivity index (χ0) is 27.0. The molecule has 2 amide bonds. The SMILES string of the molecule is C.CC.CC.CNCCCOCCOCCOCCCNC(=O)CCCC(=O)NCCCCC(C)C. The van der Waals surface area contributed by atoms with Crippen LogP contribution in [0.25, 0.3) is 0 Å². The highest BCUT2D eigenvalue weighted by Crippen LogP contribution is 2.05. The third-order valence-corrected chi connectivity index (χ3v) is 4.59. The summed E-state index contributed by atoms with van der Waals surface area (Å²) in [6, 6.07) is 0. The molecule has 0 atom stereocenters. The lowest BCUT2D eigenvalue weighted by atomic mass is 10.1. The summed E-state index contributed by atoms with van der Waals surface area (Å²) in [4.78, 5) is 23.5. The summed E-state index contributed by atoms with van der Waals surface area (Å²) < 4.78 is 16.3. The second-order valence-corrected chi connectivity index (χ2v) is 8.09. The van der Waals surface area contributed by atoms with Crippen LogP contribution in [-0.2, 0) is 23.8 Å². The molecule has 36 heavy (non-hydrogen) atoms. The Morgan fingerprint density at radius 3 is 1.47 bits per heavy atom.